The lowest BCUT2D eigenvalue weighted by atomic mass is 9.77. The number of amides is 1. The summed E-state index contributed by atoms with van der Waals surface area (Å²) in [7, 11) is 0. The summed E-state index contributed by atoms with van der Waals surface area (Å²) in [6, 6.07) is 10.3. The van der Waals surface area contributed by atoms with Gasteiger partial charge in [0.05, 0.1) is 15.7 Å². The molecule has 1 unspecified atom stereocenters. The van der Waals surface area contributed by atoms with Gasteiger partial charge in [0.25, 0.3) is 0 Å². The van der Waals surface area contributed by atoms with Gasteiger partial charge in [-0.2, -0.15) is 0 Å². The number of nitrogens with zero attached hydrogens (tertiary/aromatic N) is 1. The van der Waals surface area contributed by atoms with Crippen LogP contribution in [0.15, 0.2) is 47.7 Å². The Morgan fingerprint density at radius 3 is 2.46 bits per heavy atom. The van der Waals surface area contributed by atoms with Gasteiger partial charge in [-0.1, -0.05) is 58.5 Å². The van der Waals surface area contributed by atoms with Crippen LogP contribution < -0.4 is 4.90 Å². The largest absolute Gasteiger partial charge is 0.294 e. The molecule has 144 valence electrons. The maximum Gasteiger partial charge on any atom is 0.232 e. The van der Waals surface area contributed by atoms with Crippen LogP contribution in [0.25, 0.3) is 0 Å². The molecule has 0 bridgehead atoms. The van der Waals surface area contributed by atoms with Crippen molar-refractivity contribution < 1.29 is 9.59 Å². The van der Waals surface area contributed by atoms with E-state index in [1.807, 2.05) is 0 Å². The van der Waals surface area contributed by atoms with E-state index in [-0.39, 0.29) is 18.1 Å². The van der Waals surface area contributed by atoms with Crippen molar-refractivity contribution >= 4 is 63.8 Å². The van der Waals surface area contributed by atoms with Crippen molar-refractivity contribution in [3.05, 3.63) is 73.3 Å². The summed E-state index contributed by atoms with van der Waals surface area (Å²) < 4.78 is 0. The minimum atomic E-state index is -0.394. The van der Waals surface area contributed by atoms with E-state index in [2.05, 4.69) is 0 Å². The molecule has 1 atom stereocenters. The fourth-order valence-corrected chi connectivity index (χ4v) is 4.91. The van der Waals surface area contributed by atoms with E-state index in [0.29, 0.717) is 56.3 Å². The Labute approximate surface area is 182 Å². The average molecular weight is 455 g/mol. The summed E-state index contributed by atoms with van der Waals surface area (Å²) in [6.45, 7) is 0. The molecule has 2 aliphatic rings. The maximum atomic E-state index is 13.2. The van der Waals surface area contributed by atoms with E-state index in [0.717, 1.165) is 5.56 Å². The van der Waals surface area contributed by atoms with Gasteiger partial charge in [-0.15, -0.1) is 0 Å². The Morgan fingerprint density at radius 1 is 0.929 bits per heavy atom. The first-order valence-corrected chi connectivity index (χ1v) is 10.4. The van der Waals surface area contributed by atoms with Crippen LogP contribution >= 0.6 is 46.4 Å². The third-order valence-electron chi connectivity index (χ3n) is 5.19. The number of anilines is 1. The average Bonchev–Trinajstić information content (AvgIpc) is 2.64. The second-order valence-electron chi connectivity index (χ2n) is 6.86. The summed E-state index contributed by atoms with van der Waals surface area (Å²) >= 11 is 25.0. The molecule has 1 heterocycles. The van der Waals surface area contributed by atoms with Crippen LogP contribution in [0, 0.1) is 0 Å². The quantitative estimate of drug-likeness (QED) is 0.498. The standard InChI is InChI=1S/C21H15Cl4NO2/c22-11-7-8-12(15(24)9-11)13-10-19(28)26(16-4-2-6-18(27)20(13)16)17-5-1-3-14(23)21(17)25/h1,3,5,7-9,13H,2,4,6,10H2. The molecule has 2 aromatic carbocycles. The summed E-state index contributed by atoms with van der Waals surface area (Å²) in [5, 5.41) is 1.61. The number of halogens is 4. The van der Waals surface area contributed by atoms with Crippen LogP contribution in [0.1, 0.15) is 37.2 Å². The lowest BCUT2D eigenvalue weighted by Crippen LogP contribution is -2.40. The first-order chi connectivity index (χ1) is 13.4. The SMILES string of the molecule is O=C1CCCC2=C1C(c1ccc(Cl)cc1Cl)CC(=O)N2c1cccc(Cl)c1Cl. The minimum absolute atomic E-state index is 0.0351. The molecule has 0 fully saturated rings. The number of hydrogen-bond donors (Lipinski definition) is 0. The first kappa shape index (κ1) is 19.8. The van der Waals surface area contributed by atoms with Crippen LogP contribution in [0.2, 0.25) is 20.1 Å². The van der Waals surface area contributed by atoms with Gasteiger partial charge in [0, 0.05) is 40.1 Å². The Kier molecular flexibility index (Phi) is 5.45. The van der Waals surface area contributed by atoms with E-state index in [1.54, 1.807) is 41.3 Å². The lowest BCUT2D eigenvalue weighted by Gasteiger charge is -2.39. The summed E-state index contributed by atoms with van der Waals surface area (Å²) in [5.74, 6) is -0.504. The predicted molar refractivity (Wildman–Crippen MR) is 114 cm³/mol. The third kappa shape index (κ3) is 3.35. The molecular weight excluding hydrogens is 440 g/mol. The third-order valence-corrected chi connectivity index (χ3v) is 6.56. The molecule has 28 heavy (non-hydrogen) atoms. The zero-order valence-electron chi connectivity index (χ0n) is 14.6. The second kappa shape index (κ2) is 7.72. The van der Waals surface area contributed by atoms with Gasteiger partial charge in [0.1, 0.15) is 0 Å². The molecule has 0 radical (unpaired) electrons. The van der Waals surface area contributed by atoms with E-state index in [9.17, 15) is 9.59 Å². The normalized spacial score (nSPS) is 19.9. The number of benzene rings is 2. The monoisotopic (exact) mass is 453 g/mol. The van der Waals surface area contributed by atoms with Crippen molar-refractivity contribution in [3.63, 3.8) is 0 Å². The van der Waals surface area contributed by atoms with E-state index in [1.165, 1.54) is 0 Å². The van der Waals surface area contributed by atoms with Crippen LogP contribution in [-0.2, 0) is 9.59 Å². The molecular formula is C21H15Cl4NO2. The van der Waals surface area contributed by atoms with Gasteiger partial charge in [-0.25, -0.2) is 0 Å². The molecule has 0 N–H and O–H groups in total. The van der Waals surface area contributed by atoms with Crippen molar-refractivity contribution in [2.45, 2.75) is 31.6 Å². The fourth-order valence-electron chi connectivity index (χ4n) is 3.99. The highest BCUT2D eigenvalue weighted by Crippen LogP contribution is 2.47. The molecule has 4 rings (SSSR count). The Morgan fingerprint density at radius 2 is 1.71 bits per heavy atom. The van der Waals surface area contributed by atoms with Crippen molar-refractivity contribution in [3.8, 4) is 0 Å². The summed E-state index contributed by atoms with van der Waals surface area (Å²) in [5.41, 5.74) is 2.56. The first-order valence-electron chi connectivity index (χ1n) is 8.86. The van der Waals surface area contributed by atoms with Crippen LogP contribution in [0.5, 0.6) is 0 Å². The highest BCUT2D eigenvalue weighted by Gasteiger charge is 2.41. The molecule has 7 heteroatoms. The van der Waals surface area contributed by atoms with Crippen LogP contribution in [-0.4, -0.2) is 11.7 Å². The topological polar surface area (TPSA) is 37.4 Å². The molecule has 0 aromatic heterocycles. The number of allylic oxidation sites excluding steroid dienone is 2. The van der Waals surface area contributed by atoms with Crippen LogP contribution in [0.3, 0.4) is 0 Å². The molecule has 0 saturated heterocycles. The molecule has 0 saturated carbocycles. The number of carbonyl (C=O) groups is 2. The summed E-state index contributed by atoms with van der Waals surface area (Å²) in [4.78, 5) is 27.6. The number of rotatable bonds is 2. The minimum Gasteiger partial charge on any atom is -0.294 e. The van der Waals surface area contributed by atoms with Crippen molar-refractivity contribution in [2.24, 2.45) is 0 Å². The molecule has 2 aromatic rings. The number of Topliss-reactive ketones (excluding diaryl/α,β-unsaturated/α-hetero) is 1. The Balaban J connectivity index is 1.91. The predicted octanol–water partition coefficient (Wildman–Crippen LogP) is 6.83. The summed E-state index contributed by atoms with van der Waals surface area (Å²) in [6.07, 6.45) is 1.86. The number of carbonyl (C=O) groups excluding carboxylic acids is 2. The highest BCUT2D eigenvalue weighted by molar-refractivity contribution is 6.44. The smallest absolute Gasteiger partial charge is 0.232 e. The zero-order chi connectivity index (χ0) is 20.0. The number of hydrogen-bond acceptors (Lipinski definition) is 2. The van der Waals surface area contributed by atoms with E-state index < -0.39 is 5.92 Å². The highest BCUT2D eigenvalue weighted by atomic mass is 35.5. The van der Waals surface area contributed by atoms with Gasteiger partial charge in [-0.3, -0.25) is 14.5 Å². The Bertz CT molecular complexity index is 1030. The van der Waals surface area contributed by atoms with E-state index in [4.69, 9.17) is 46.4 Å². The van der Waals surface area contributed by atoms with Gasteiger partial charge < -0.3 is 0 Å². The lowest BCUT2D eigenvalue weighted by molar-refractivity contribution is -0.119. The number of ketones is 1. The van der Waals surface area contributed by atoms with Gasteiger partial charge in [0.2, 0.25) is 5.91 Å². The van der Waals surface area contributed by atoms with E-state index >= 15 is 0 Å². The van der Waals surface area contributed by atoms with Crippen molar-refractivity contribution in [1.82, 2.24) is 0 Å². The van der Waals surface area contributed by atoms with Crippen molar-refractivity contribution in [1.29, 1.82) is 0 Å². The second-order valence-corrected chi connectivity index (χ2v) is 8.49. The Hall–Kier alpha value is -1.52. The molecule has 1 aliphatic heterocycles. The molecule has 0 spiro atoms. The zero-order valence-corrected chi connectivity index (χ0v) is 17.7. The molecule has 3 nitrogen and oxygen atoms in total. The van der Waals surface area contributed by atoms with Gasteiger partial charge in [0.15, 0.2) is 5.78 Å². The maximum absolute atomic E-state index is 13.2. The molecule has 1 aliphatic carbocycles. The van der Waals surface area contributed by atoms with Crippen LogP contribution in [0.4, 0.5) is 5.69 Å². The van der Waals surface area contributed by atoms with Gasteiger partial charge >= 0.3 is 0 Å². The fraction of sp³-hybridized carbons (Fsp3) is 0.238. The molecule has 1 amide bonds. The van der Waals surface area contributed by atoms with Crippen molar-refractivity contribution in [2.75, 3.05) is 4.90 Å². The van der Waals surface area contributed by atoms with Gasteiger partial charge in [-0.05, 0) is 42.7 Å².